The fourth-order valence-electron chi connectivity index (χ4n) is 3.31. The van der Waals surface area contributed by atoms with Gasteiger partial charge in [-0.2, -0.15) is 0 Å². The molecule has 0 saturated carbocycles. The van der Waals surface area contributed by atoms with Crippen LogP contribution in [0.25, 0.3) is 0 Å². The van der Waals surface area contributed by atoms with Crippen LogP contribution in [0.15, 0.2) is 35.5 Å². The molecule has 1 atom stereocenters. The van der Waals surface area contributed by atoms with Crippen molar-refractivity contribution < 1.29 is 27.5 Å². The van der Waals surface area contributed by atoms with Crippen LogP contribution in [-0.4, -0.2) is 48.2 Å². The standard InChI is InChI=1S/C23H33N3O6S/c1-7-20-18(24-15-26(20)33(29,30)17-13-11-16(2)12-14-17)9-8-10-19(21(27)31-6)25-22(28)32-23(3,4)5/h11-15,19H,7-10H2,1-6H3,(H,25,28)/t19-/m0/s1. The van der Waals surface area contributed by atoms with Gasteiger partial charge in [0.15, 0.2) is 0 Å². The lowest BCUT2D eigenvalue weighted by molar-refractivity contribution is -0.143. The predicted molar refractivity (Wildman–Crippen MR) is 123 cm³/mol. The van der Waals surface area contributed by atoms with Gasteiger partial charge in [-0.1, -0.05) is 24.6 Å². The van der Waals surface area contributed by atoms with Crippen molar-refractivity contribution in [3.8, 4) is 0 Å². The lowest BCUT2D eigenvalue weighted by Crippen LogP contribution is -2.44. The summed E-state index contributed by atoms with van der Waals surface area (Å²) in [4.78, 5) is 28.7. The third-order valence-corrected chi connectivity index (χ3v) is 6.61. The second kappa shape index (κ2) is 10.8. The highest BCUT2D eigenvalue weighted by molar-refractivity contribution is 7.90. The van der Waals surface area contributed by atoms with Crippen molar-refractivity contribution in [3.63, 3.8) is 0 Å². The lowest BCUT2D eigenvalue weighted by Gasteiger charge is -2.22. The molecule has 0 aliphatic rings. The maximum Gasteiger partial charge on any atom is 0.408 e. The van der Waals surface area contributed by atoms with Crippen molar-refractivity contribution in [1.82, 2.24) is 14.3 Å². The number of hydrogen-bond donors (Lipinski definition) is 1. The molecule has 0 aliphatic carbocycles. The Morgan fingerprint density at radius 3 is 2.36 bits per heavy atom. The Labute approximate surface area is 195 Å². The molecule has 0 fully saturated rings. The van der Waals surface area contributed by atoms with E-state index in [1.165, 1.54) is 17.4 Å². The number of benzene rings is 1. The van der Waals surface area contributed by atoms with E-state index in [4.69, 9.17) is 9.47 Å². The molecule has 182 valence electrons. The molecule has 1 aromatic heterocycles. The van der Waals surface area contributed by atoms with Crippen LogP contribution < -0.4 is 5.32 Å². The molecule has 1 N–H and O–H groups in total. The summed E-state index contributed by atoms with van der Waals surface area (Å²) in [6.45, 7) is 8.94. The smallest absolute Gasteiger partial charge is 0.408 e. The normalized spacial score (nSPS) is 12.8. The second-order valence-electron chi connectivity index (χ2n) is 8.72. The number of aryl methyl sites for hydroxylation is 2. The number of nitrogens with zero attached hydrogens (tertiary/aromatic N) is 2. The molecule has 1 aromatic carbocycles. The van der Waals surface area contributed by atoms with Crippen molar-refractivity contribution >= 4 is 22.1 Å². The van der Waals surface area contributed by atoms with Crippen LogP contribution in [0.4, 0.5) is 4.79 Å². The Bertz CT molecular complexity index is 1070. The number of nitrogens with one attached hydrogen (secondary N) is 1. The Balaban J connectivity index is 2.13. The Morgan fingerprint density at radius 1 is 1.18 bits per heavy atom. The molecule has 0 radical (unpaired) electrons. The Kier molecular flexibility index (Phi) is 8.65. The summed E-state index contributed by atoms with van der Waals surface area (Å²) in [6, 6.07) is 5.77. The molecule has 33 heavy (non-hydrogen) atoms. The van der Waals surface area contributed by atoms with Crippen LogP contribution in [0.2, 0.25) is 0 Å². The zero-order chi connectivity index (χ0) is 24.8. The van der Waals surface area contributed by atoms with Gasteiger partial charge in [0.25, 0.3) is 10.0 Å². The molecular weight excluding hydrogens is 446 g/mol. The molecule has 0 saturated heterocycles. The third kappa shape index (κ3) is 7.05. The maximum atomic E-state index is 13.1. The van der Waals surface area contributed by atoms with E-state index in [2.05, 4.69) is 10.3 Å². The Hall–Kier alpha value is -2.88. The average molecular weight is 480 g/mol. The number of imidazole rings is 1. The van der Waals surface area contributed by atoms with E-state index in [0.717, 1.165) is 5.56 Å². The van der Waals surface area contributed by atoms with E-state index in [1.807, 2.05) is 13.8 Å². The molecular formula is C23H33N3O6S. The number of rotatable bonds is 9. The molecule has 10 heteroatoms. The number of carbonyl (C=O) groups is 2. The molecule has 1 heterocycles. The highest BCUT2D eigenvalue weighted by atomic mass is 32.2. The van der Waals surface area contributed by atoms with Gasteiger partial charge in [0.1, 0.15) is 18.0 Å². The lowest BCUT2D eigenvalue weighted by atomic mass is 10.1. The quantitative estimate of drug-likeness (QED) is 0.548. The van der Waals surface area contributed by atoms with Crippen LogP contribution >= 0.6 is 0 Å². The van der Waals surface area contributed by atoms with Gasteiger partial charge in [-0.05, 0) is 65.5 Å². The van der Waals surface area contributed by atoms with Crippen LogP contribution in [0.1, 0.15) is 57.5 Å². The molecule has 9 nitrogen and oxygen atoms in total. The van der Waals surface area contributed by atoms with Crippen molar-refractivity contribution in [2.75, 3.05) is 7.11 Å². The first-order valence-electron chi connectivity index (χ1n) is 10.8. The third-order valence-electron chi connectivity index (χ3n) is 4.91. The minimum atomic E-state index is -3.76. The number of methoxy groups -OCH3 is 1. The summed E-state index contributed by atoms with van der Waals surface area (Å²) in [5, 5.41) is 2.54. The molecule has 0 aliphatic heterocycles. The van der Waals surface area contributed by atoms with Gasteiger partial charge in [-0.15, -0.1) is 0 Å². The van der Waals surface area contributed by atoms with E-state index in [1.54, 1.807) is 45.0 Å². The first kappa shape index (κ1) is 26.4. The van der Waals surface area contributed by atoms with Gasteiger partial charge in [0.2, 0.25) is 0 Å². The zero-order valence-electron chi connectivity index (χ0n) is 20.0. The van der Waals surface area contributed by atoms with E-state index >= 15 is 0 Å². The van der Waals surface area contributed by atoms with Gasteiger partial charge in [0, 0.05) is 0 Å². The summed E-state index contributed by atoms with van der Waals surface area (Å²) in [5.41, 5.74) is 1.49. The van der Waals surface area contributed by atoms with Gasteiger partial charge in [-0.25, -0.2) is 27.0 Å². The highest BCUT2D eigenvalue weighted by Crippen LogP contribution is 2.21. The van der Waals surface area contributed by atoms with E-state index in [-0.39, 0.29) is 11.3 Å². The number of hydrogen-bond acceptors (Lipinski definition) is 7. The first-order chi connectivity index (χ1) is 15.4. The number of aromatic nitrogens is 2. The van der Waals surface area contributed by atoms with E-state index < -0.39 is 33.7 Å². The van der Waals surface area contributed by atoms with Crippen LogP contribution in [0.5, 0.6) is 0 Å². The number of amides is 1. The number of carbonyl (C=O) groups excluding carboxylic acids is 2. The maximum absolute atomic E-state index is 13.1. The van der Waals surface area contributed by atoms with Gasteiger partial charge < -0.3 is 14.8 Å². The topological polar surface area (TPSA) is 117 Å². The minimum absolute atomic E-state index is 0.194. The summed E-state index contributed by atoms with van der Waals surface area (Å²) >= 11 is 0. The summed E-state index contributed by atoms with van der Waals surface area (Å²) in [5.74, 6) is -0.580. The molecule has 0 spiro atoms. The molecule has 2 rings (SSSR count). The molecule has 2 aromatic rings. The first-order valence-corrected chi connectivity index (χ1v) is 12.3. The highest BCUT2D eigenvalue weighted by Gasteiger charge is 2.26. The van der Waals surface area contributed by atoms with Crippen molar-refractivity contribution in [3.05, 3.63) is 47.5 Å². The van der Waals surface area contributed by atoms with Gasteiger partial charge >= 0.3 is 12.1 Å². The number of ether oxygens (including phenoxy) is 2. The summed E-state index contributed by atoms with van der Waals surface area (Å²) < 4.78 is 37.4. The van der Waals surface area contributed by atoms with Crippen molar-refractivity contribution in [1.29, 1.82) is 0 Å². The van der Waals surface area contributed by atoms with Crippen LogP contribution in [0.3, 0.4) is 0 Å². The second-order valence-corrected chi connectivity index (χ2v) is 10.5. The fraction of sp³-hybridized carbons (Fsp3) is 0.522. The minimum Gasteiger partial charge on any atom is -0.467 e. The zero-order valence-corrected chi connectivity index (χ0v) is 20.9. The number of alkyl carbamates (subject to hydrolysis) is 1. The van der Waals surface area contributed by atoms with Crippen molar-refractivity contribution in [2.24, 2.45) is 0 Å². The molecule has 0 unspecified atom stereocenters. The molecule has 0 bridgehead atoms. The fourth-order valence-corrected chi connectivity index (χ4v) is 4.71. The van der Waals surface area contributed by atoms with E-state index in [9.17, 15) is 18.0 Å². The molecule has 1 amide bonds. The summed E-state index contributed by atoms with van der Waals surface area (Å²) in [7, 11) is -2.51. The number of esters is 1. The summed E-state index contributed by atoms with van der Waals surface area (Å²) in [6.07, 6.45) is 2.28. The van der Waals surface area contributed by atoms with Crippen molar-refractivity contribution in [2.45, 2.75) is 76.8 Å². The van der Waals surface area contributed by atoms with Crippen LogP contribution in [-0.2, 0) is 37.1 Å². The average Bonchev–Trinajstić information content (AvgIpc) is 3.15. The predicted octanol–water partition coefficient (Wildman–Crippen LogP) is 3.38. The van der Waals surface area contributed by atoms with Crippen LogP contribution in [0, 0.1) is 6.92 Å². The SMILES string of the molecule is CCc1c(CCC[C@H](NC(=O)OC(C)(C)C)C(=O)OC)ncn1S(=O)(=O)c1ccc(C)cc1. The monoisotopic (exact) mass is 479 g/mol. The van der Waals surface area contributed by atoms with E-state index in [0.29, 0.717) is 30.7 Å². The largest absolute Gasteiger partial charge is 0.467 e. The Morgan fingerprint density at radius 2 is 1.82 bits per heavy atom. The van der Waals surface area contributed by atoms with Gasteiger partial charge in [0.05, 0.1) is 23.4 Å². The van der Waals surface area contributed by atoms with Gasteiger partial charge in [-0.3, -0.25) is 0 Å².